The van der Waals surface area contributed by atoms with Gasteiger partial charge in [-0.05, 0) is 31.7 Å². The topological polar surface area (TPSA) is 76.4 Å². The van der Waals surface area contributed by atoms with Gasteiger partial charge in [0.25, 0.3) is 0 Å². The molecule has 0 bridgehead atoms. The van der Waals surface area contributed by atoms with E-state index in [1.54, 1.807) is 24.4 Å². The quantitative estimate of drug-likeness (QED) is 0.398. The number of guanidine groups is 1. The van der Waals surface area contributed by atoms with E-state index in [0.717, 1.165) is 44.1 Å². The van der Waals surface area contributed by atoms with Crippen molar-refractivity contribution in [3.8, 4) is 5.75 Å². The van der Waals surface area contributed by atoms with Crippen molar-refractivity contribution < 1.29 is 4.74 Å². The summed E-state index contributed by atoms with van der Waals surface area (Å²) in [5.74, 6) is 1.82. The van der Waals surface area contributed by atoms with E-state index in [9.17, 15) is 0 Å². The standard InChI is InChI=1S/C19H26N6O.HI/c1-20-18(22-10-11-25-14-21-13-23-25)24-16-12-19(8-4-5-9-19)26-17-7-3-2-6-15(16)17;/h2-3,6-7,13-14,16H,4-5,8-12H2,1H3,(H2,20,22,24);1H. The highest BCUT2D eigenvalue weighted by atomic mass is 127. The second-order valence-electron chi connectivity index (χ2n) is 7.09. The van der Waals surface area contributed by atoms with E-state index in [1.807, 2.05) is 0 Å². The number of benzene rings is 1. The van der Waals surface area contributed by atoms with Gasteiger partial charge in [0.15, 0.2) is 5.96 Å². The molecule has 1 aliphatic carbocycles. The van der Waals surface area contributed by atoms with Crippen LogP contribution in [0.3, 0.4) is 0 Å². The smallest absolute Gasteiger partial charge is 0.191 e. The van der Waals surface area contributed by atoms with Crippen molar-refractivity contribution in [2.45, 2.75) is 50.3 Å². The number of halogens is 1. The largest absolute Gasteiger partial charge is 0.487 e. The molecule has 8 heteroatoms. The number of ether oxygens (including phenoxy) is 1. The Morgan fingerprint density at radius 1 is 1.33 bits per heavy atom. The highest BCUT2D eigenvalue weighted by molar-refractivity contribution is 14.0. The molecule has 1 saturated carbocycles. The lowest BCUT2D eigenvalue weighted by molar-refractivity contribution is 0.0396. The normalized spacial score (nSPS) is 20.5. The number of hydrogen-bond donors (Lipinski definition) is 2. The summed E-state index contributed by atoms with van der Waals surface area (Å²) >= 11 is 0. The summed E-state index contributed by atoms with van der Waals surface area (Å²) in [6.07, 6.45) is 9.02. The van der Waals surface area contributed by atoms with E-state index in [4.69, 9.17) is 4.74 Å². The predicted molar refractivity (Wildman–Crippen MR) is 116 cm³/mol. The van der Waals surface area contributed by atoms with Crippen LogP contribution in [0.4, 0.5) is 0 Å². The molecule has 2 N–H and O–H groups in total. The van der Waals surface area contributed by atoms with Crippen LogP contribution < -0.4 is 15.4 Å². The number of nitrogens with one attached hydrogen (secondary N) is 2. The fourth-order valence-corrected chi connectivity index (χ4v) is 4.07. The predicted octanol–water partition coefficient (Wildman–Crippen LogP) is 2.90. The Labute approximate surface area is 177 Å². The first kappa shape index (κ1) is 19.9. The first-order valence-corrected chi connectivity index (χ1v) is 9.36. The maximum absolute atomic E-state index is 6.44. The number of hydrogen-bond acceptors (Lipinski definition) is 4. The van der Waals surface area contributed by atoms with Crippen LogP contribution >= 0.6 is 24.0 Å². The first-order chi connectivity index (χ1) is 12.8. The Morgan fingerprint density at radius 2 is 2.15 bits per heavy atom. The van der Waals surface area contributed by atoms with Gasteiger partial charge in [0.1, 0.15) is 24.0 Å². The first-order valence-electron chi connectivity index (χ1n) is 9.36. The van der Waals surface area contributed by atoms with Gasteiger partial charge in [-0.25, -0.2) is 4.98 Å². The number of nitrogens with zero attached hydrogens (tertiary/aromatic N) is 4. The van der Waals surface area contributed by atoms with Gasteiger partial charge in [-0.2, -0.15) is 5.10 Å². The second-order valence-corrected chi connectivity index (χ2v) is 7.09. The van der Waals surface area contributed by atoms with Crippen molar-refractivity contribution in [3.05, 3.63) is 42.5 Å². The highest BCUT2D eigenvalue weighted by Crippen LogP contribution is 2.46. The average Bonchev–Trinajstić information content (AvgIpc) is 3.33. The maximum Gasteiger partial charge on any atom is 0.191 e. The number of para-hydroxylation sites is 1. The van der Waals surface area contributed by atoms with Gasteiger partial charge in [-0.3, -0.25) is 9.67 Å². The minimum atomic E-state index is -0.0222. The molecule has 0 amide bonds. The lowest BCUT2D eigenvalue weighted by Crippen LogP contribution is -2.47. The van der Waals surface area contributed by atoms with Crippen LogP contribution in [0.1, 0.15) is 43.7 Å². The van der Waals surface area contributed by atoms with E-state index in [0.29, 0.717) is 0 Å². The maximum atomic E-state index is 6.44. The average molecular weight is 482 g/mol. The summed E-state index contributed by atoms with van der Waals surface area (Å²) in [7, 11) is 1.81. The Morgan fingerprint density at radius 3 is 2.89 bits per heavy atom. The van der Waals surface area contributed by atoms with E-state index in [2.05, 4.69) is 50.0 Å². The van der Waals surface area contributed by atoms with E-state index < -0.39 is 0 Å². The molecule has 7 nitrogen and oxygen atoms in total. The lowest BCUT2D eigenvalue weighted by Gasteiger charge is -2.40. The molecule has 1 spiro atoms. The molecule has 0 radical (unpaired) electrons. The van der Waals surface area contributed by atoms with Crippen molar-refractivity contribution in [1.82, 2.24) is 25.4 Å². The SMILES string of the molecule is CN=C(NCCn1cncn1)NC1CC2(CCCC2)Oc2ccccc21.I. The van der Waals surface area contributed by atoms with Crippen molar-refractivity contribution in [1.29, 1.82) is 0 Å². The van der Waals surface area contributed by atoms with Gasteiger partial charge >= 0.3 is 0 Å². The van der Waals surface area contributed by atoms with Gasteiger partial charge in [0, 0.05) is 25.6 Å². The number of fused-ring (bicyclic) bond motifs is 1. The number of aliphatic imine (C=N–C) groups is 1. The van der Waals surface area contributed by atoms with E-state index in [1.165, 1.54) is 18.4 Å². The van der Waals surface area contributed by atoms with Crippen LogP contribution in [0.25, 0.3) is 0 Å². The third kappa shape index (κ3) is 4.53. The summed E-state index contributed by atoms with van der Waals surface area (Å²) in [4.78, 5) is 8.36. The van der Waals surface area contributed by atoms with Crippen molar-refractivity contribution in [2.75, 3.05) is 13.6 Å². The molecule has 2 aromatic rings. The van der Waals surface area contributed by atoms with Crippen molar-refractivity contribution in [3.63, 3.8) is 0 Å². The number of aromatic nitrogens is 3. The summed E-state index contributed by atoms with van der Waals surface area (Å²) in [5.41, 5.74) is 1.19. The molecule has 1 aliphatic heterocycles. The van der Waals surface area contributed by atoms with Gasteiger partial charge in [0.05, 0.1) is 12.6 Å². The summed E-state index contributed by atoms with van der Waals surface area (Å²) in [6, 6.07) is 8.57. The third-order valence-corrected chi connectivity index (χ3v) is 5.35. The monoisotopic (exact) mass is 482 g/mol. The zero-order valence-electron chi connectivity index (χ0n) is 15.6. The van der Waals surface area contributed by atoms with Crippen molar-refractivity contribution in [2.24, 2.45) is 4.99 Å². The molecule has 27 heavy (non-hydrogen) atoms. The minimum Gasteiger partial charge on any atom is -0.487 e. The van der Waals surface area contributed by atoms with Crippen LogP contribution in [0.15, 0.2) is 41.9 Å². The zero-order valence-corrected chi connectivity index (χ0v) is 17.9. The Balaban J connectivity index is 0.00000210. The Bertz CT molecular complexity index is 757. The molecule has 1 aromatic heterocycles. The van der Waals surface area contributed by atoms with Gasteiger partial charge in [-0.1, -0.05) is 18.2 Å². The highest BCUT2D eigenvalue weighted by Gasteiger charge is 2.43. The molecule has 2 heterocycles. The fraction of sp³-hybridized carbons (Fsp3) is 0.526. The molecule has 1 atom stereocenters. The Hall–Kier alpha value is -1.84. The molecule has 2 aliphatic rings. The van der Waals surface area contributed by atoms with Gasteiger partial charge < -0.3 is 15.4 Å². The molecule has 146 valence electrons. The second kappa shape index (κ2) is 8.90. The molecule has 1 fully saturated rings. The molecule has 0 saturated heterocycles. The molecule has 1 unspecified atom stereocenters. The van der Waals surface area contributed by atoms with Crippen molar-refractivity contribution >= 4 is 29.9 Å². The lowest BCUT2D eigenvalue weighted by atomic mass is 9.86. The Kier molecular flexibility index (Phi) is 6.56. The van der Waals surface area contributed by atoms with Crippen LogP contribution in [0.5, 0.6) is 5.75 Å². The van der Waals surface area contributed by atoms with E-state index in [-0.39, 0.29) is 35.6 Å². The summed E-state index contributed by atoms with van der Waals surface area (Å²) < 4.78 is 8.24. The van der Waals surface area contributed by atoms with Gasteiger partial charge in [0.2, 0.25) is 0 Å². The van der Waals surface area contributed by atoms with Crippen LogP contribution in [0.2, 0.25) is 0 Å². The fourth-order valence-electron chi connectivity index (χ4n) is 4.07. The molecule has 4 rings (SSSR count). The van der Waals surface area contributed by atoms with Crippen LogP contribution in [0, 0.1) is 0 Å². The summed E-state index contributed by atoms with van der Waals surface area (Å²) in [5, 5.41) is 11.1. The van der Waals surface area contributed by atoms with E-state index >= 15 is 0 Å². The van der Waals surface area contributed by atoms with Gasteiger partial charge in [-0.15, -0.1) is 24.0 Å². The zero-order chi connectivity index (χ0) is 17.8. The van der Waals surface area contributed by atoms with Crippen LogP contribution in [-0.2, 0) is 6.54 Å². The molecule has 1 aromatic carbocycles. The molecular weight excluding hydrogens is 455 g/mol. The minimum absolute atomic E-state index is 0. The summed E-state index contributed by atoms with van der Waals surface area (Å²) in [6.45, 7) is 1.48. The third-order valence-electron chi connectivity index (χ3n) is 5.35. The van der Waals surface area contributed by atoms with Crippen LogP contribution in [-0.4, -0.2) is 39.9 Å². The number of rotatable bonds is 4. The molecular formula is C19H27IN6O.